The predicted octanol–water partition coefficient (Wildman–Crippen LogP) is 6.79. The smallest absolute Gasteiger partial charge is 0.241 e. The van der Waals surface area contributed by atoms with Crippen LogP contribution in [0.4, 0.5) is 11.4 Å². The van der Waals surface area contributed by atoms with Crippen molar-refractivity contribution in [3.63, 3.8) is 0 Å². The van der Waals surface area contributed by atoms with Crippen LogP contribution in [0.25, 0.3) is 0 Å². The lowest BCUT2D eigenvalue weighted by Crippen LogP contribution is -2.49. The Morgan fingerprint density at radius 1 is 0.784 bits per heavy atom. The number of imide groups is 2. The number of carbonyl (C=O) groups excluding carboxylic acids is 5. The zero-order chi connectivity index (χ0) is 35.6. The molecule has 2 aliphatic heterocycles. The number of benzene rings is 4. The van der Waals surface area contributed by atoms with Gasteiger partial charge >= 0.3 is 0 Å². The standard InChI is InChI=1S/C43H36N2O6/c1-3-11-25-14-10-17-32(38(25)47)36-30-22-23-31-35(33(30)24-34-40(49)45(42(51)43(34,36)2)28-15-8-5-9-16-28)41(50)44(39(31)48)29-20-18-27(19-21-29)37(46)26-12-6-4-7-13-26/h3-10,12-22,31,33-36,47H,1,11,23-24H2,2H3/t31-,33+,34-,35-,36+,43+/m0/s1. The zero-order valence-corrected chi connectivity index (χ0v) is 28.1. The first kappa shape index (κ1) is 32.3. The van der Waals surface area contributed by atoms with Crippen molar-refractivity contribution in [2.24, 2.45) is 29.1 Å². The number of fused-ring (bicyclic) bond motifs is 4. The highest BCUT2D eigenvalue weighted by atomic mass is 16.3. The maximum atomic E-state index is 14.6. The van der Waals surface area contributed by atoms with E-state index >= 15 is 0 Å². The summed E-state index contributed by atoms with van der Waals surface area (Å²) in [6, 6.07) is 29.6. The predicted molar refractivity (Wildman–Crippen MR) is 192 cm³/mol. The summed E-state index contributed by atoms with van der Waals surface area (Å²) < 4.78 is 0. The van der Waals surface area contributed by atoms with Crippen LogP contribution in [0.15, 0.2) is 127 Å². The molecular weight excluding hydrogens is 640 g/mol. The molecule has 4 aromatic carbocycles. The number of phenols is 1. The molecule has 0 radical (unpaired) electrons. The first-order valence-electron chi connectivity index (χ1n) is 17.3. The van der Waals surface area contributed by atoms with Gasteiger partial charge in [0.05, 0.1) is 34.5 Å². The summed E-state index contributed by atoms with van der Waals surface area (Å²) in [5.41, 5.74) is 2.50. The maximum Gasteiger partial charge on any atom is 0.241 e. The third-order valence-corrected chi connectivity index (χ3v) is 11.5. The van der Waals surface area contributed by atoms with Crippen molar-refractivity contribution in [3.8, 4) is 5.75 Å². The second kappa shape index (κ2) is 12.2. The van der Waals surface area contributed by atoms with Crippen molar-refractivity contribution in [1.82, 2.24) is 0 Å². The van der Waals surface area contributed by atoms with Crippen molar-refractivity contribution in [2.75, 3.05) is 9.80 Å². The molecule has 8 nitrogen and oxygen atoms in total. The Bertz CT molecular complexity index is 2160. The Morgan fingerprint density at radius 2 is 1.43 bits per heavy atom. The number of para-hydroxylation sites is 2. The van der Waals surface area contributed by atoms with Gasteiger partial charge in [-0.2, -0.15) is 0 Å². The number of nitrogens with zero attached hydrogens (tertiary/aromatic N) is 2. The van der Waals surface area contributed by atoms with Crippen LogP contribution in [0, 0.1) is 29.1 Å². The van der Waals surface area contributed by atoms with E-state index in [4.69, 9.17) is 0 Å². The molecule has 254 valence electrons. The third kappa shape index (κ3) is 4.77. The number of carbonyl (C=O) groups is 5. The molecule has 4 amide bonds. The summed E-state index contributed by atoms with van der Waals surface area (Å²) in [6.45, 7) is 5.64. The number of hydrogen-bond acceptors (Lipinski definition) is 6. The molecule has 2 aliphatic carbocycles. The van der Waals surface area contributed by atoms with Crippen molar-refractivity contribution in [2.45, 2.75) is 32.1 Å². The van der Waals surface area contributed by atoms with Crippen LogP contribution in [0.3, 0.4) is 0 Å². The molecule has 6 atom stereocenters. The van der Waals surface area contributed by atoms with Gasteiger partial charge in [-0.25, -0.2) is 4.90 Å². The van der Waals surface area contributed by atoms with Crippen LogP contribution in [0.1, 0.15) is 52.7 Å². The van der Waals surface area contributed by atoms with Crippen LogP contribution in [-0.2, 0) is 25.6 Å². The molecule has 4 aromatic rings. The number of aromatic hydroxyl groups is 1. The largest absolute Gasteiger partial charge is 0.507 e. The highest BCUT2D eigenvalue weighted by Gasteiger charge is 2.68. The van der Waals surface area contributed by atoms with Gasteiger partial charge < -0.3 is 5.11 Å². The average Bonchev–Trinajstić information content (AvgIpc) is 3.52. The summed E-state index contributed by atoms with van der Waals surface area (Å²) >= 11 is 0. The third-order valence-electron chi connectivity index (χ3n) is 11.5. The first-order chi connectivity index (χ1) is 24.7. The highest BCUT2D eigenvalue weighted by Crippen LogP contribution is 2.64. The van der Waals surface area contributed by atoms with Gasteiger partial charge in [0.1, 0.15) is 5.75 Å². The molecule has 2 heterocycles. The molecule has 8 rings (SSSR count). The van der Waals surface area contributed by atoms with E-state index in [9.17, 15) is 29.1 Å². The van der Waals surface area contributed by atoms with Crippen LogP contribution >= 0.6 is 0 Å². The topological polar surface area (TPSA) is 112 Å². The lowest BCUT2D eigenvalue weighted by atomic mass is 9.51. The van der Waals surface area contributed by atoms with Gasteiger partial charge in [-0.1, -0.05) is 84.5 Å². The molecule has 0 spiro atoms. The number of hydrogen-bond donors (Lipinski definition) is 1. The van der Waals surface area contributed by atoms with E-state index in [1.807, 2.05) is 24.3 Å². The van der Waals surface area contributed by atoms with Gasteiger partial charge in [-0.15, -0.1) is 6.58 Å². The zero-order valence-electron chi connectivity index (χ0n) is 28.1. The lowest BCUT2D eigenvalue weighted by Gasteiger charge is -2.49. The van der Waals surface area contributed by atoms with Crippen molar-refractivity contribution >= 4 is 40.8 Å². The fourth-order valence-electron chi connectivity index (χ4n) is 9.12. The fraction of sp³-hybridized carbons (Fsp3) is 0.233. The summed E-state index contributed by atoms with van der Waals surface area (Å²) in [6.07, 6.45) is 4.55. The van der Waals surface area contributed by atoms with Gasteiger partial charge in [0.25, 0.3) is 0 Å². The number of rotatable bonds is 7. The van der Waals surface area contributed by atoms with Crippen LogP contribution in [-0.4, -0.2) is 34.5 Å². The van der Waals surface area contributed by atoms with E-state index in [1.165, 1.54) is 9.80 Å². The minimum absolute atomic E-state index is 0.0325. The molecule has 0 unspecified atom stereocenters. The average molecular weight is 677 g/mol. The van der Waals surface area contributed by atoms with Gasteiger partial charge in [-0.05, 0) is 74.1 Å². The van der Waals surface area contributed by atoms with Gasteiger partial charge in [0.2, 0.25) is 23.6 Å². The number of phenolic OH excluding ortho intramolecular Hbond substituents is 1. The molecule has 0 aromatic heterocycles. The maximum absolute atomic E-state index is 14.6. The Labute approximate surface area is 295 Å². The summed E-state index contributed by atoms with van der Waals surface area (Å²) in [5, 5.41) is 11.7. The lowest BCUT2D eigenvalue weighted by molar-refractivity contribution is -0.131. The summed E-state index contributed by atoms with van der Waals surface area (Å²) in [5.74, 6) is -5.01. The number of amides is 4. The molecule has 2 saturated heterocycles. The number of ketones is 1. The van der Waals surface area contributed by atoms with E-state index in [-0.39, 0.29) is 48.0 Å². The SMILES string of the molecule is C=CCc1cccc([C@H]2C3=CC[C@@H]4C(=O)N(c5ccc(C(=O)c6ccccc6)cc5)C(=O)[C@@H]4[C@@H]3C[C@H]3C(=O)N(c4ccccc4)C(=O)[C@@]23C)c1O. The van der Waals surface area contributed by atoms with E-state index in [1.54, 1.807) is 97.9 Å². The molecule has 1 saturated carbocycles. The quantitative estimate of drug-likeness (QED) is 0.131. The van der Waals surface area contributed by atoms with Gasteiger partial charge in [0, 0.05) is 22.6 Å². The minimum atomic E-state index is -1.27. The van der Waals surface area contributed by atoms with Gasteiger partial charge in [-0.3, -0.25) is 28.9 Å². The Balaban J connectivity index is 1.20. The summed E-state index contributed by atoms with van der Waals surface area (Å²) in [7, 11) is 0. The second-order valence-corrected chi connectivity index (χ2v) is 14.1. The van der Waals surface area contributed by atoms with E-state index < -0.39 is 35.0 Å². The summed E-state index contributed by atoms with van der Waals surface area (Å²) in [4.78, 5) is 73.1. The highest BCUT2D eigenvalue weighted by molar-refractivity contribution is 6.25. The van der Waals surface area contributed by atoms with E-state index in [2.05, 4.69) is 6.58 Å². The van der Waals surface area contributed by atoms with E-state index in [0.717, 1.165) is 5.57 Å². The monoisotopic (exact) mass is 676 g/mol. The first-order valence-corrected chi connectivity index (χ1v) is 17.3. The normalized spacial score (nSPS) is 26.8. The Hall–Kier alpha value is -5.89. The molecule has 3 fully saturated rings. The van der Waals surface area contributed by atoms with Crippen LogP contribution in [0.2, 0.25) is 0 Å². The van der Waals surface area contributed by atoms with Gasteiger partial charge in [0.15, 0.2) is 5.78 Å². The second-order valence-electron chi connectivity index (χ2n) is 14.1. The van der Waals surface area contributed by atoms with Crippen LogP contribution in [0.5, 0.6) is 5.75 Å². The number of anilines is 2. The molecule has 4 aliphatic rings. The minimum Gasteiger partial charge on any atom is -0.507 e. The molecule has 51 heavy (non-hydrogen) atoms. The fourth-order valence-corrected chi connectivity index (χ4v) is 9.12. The molecule has 0 bridgehead atoms. The molecule has 1 N–H and O–H groups in total. The Kier molecular flexibility index (Phi) is 7.71. The van der Waals surface area contributed by atoms with Crippen LogP contribution < -0.4 is 9.80 Å². The molecule has 8 heteroatoms. The molecular formula is C43H36N2O6. The van der Waals surface area contributed by atoms with Crippen molar-refractivity contribution in [1.29, 1.82) is 0 Å². The number of allylic oxidation sites excluding steroid dienone is 3. The van der Waals surface area contributed by atoms with Crippen molar-refractivity contribution < 1.29 is 29.1 Å². The van der Waals surface area contributed by atoms with E-state index in [0.29, 0.717) is 40.0 Å². The Morgan fingerprint density at radius 3 is 2.12 bits per heavy atom. The van der Waals surface area contributed by atoms with Crippen molar-refractivity contribution in [3.05, 3.63) is 150 Å².